The second-order valence-electron chi connectivity index (χ2n) is 6.98. The van der Waals surface area contributed by atoms with E-state index in [0.29, 0.717) is 0 Å². The molecule has 0 radical (unpaired) electrons. The first-order valence-corrected chi connectivity index (χ1v) is 10.1. The fourth-order valence-corrected chi connectivity index (χ4v) is 2.68. The number of aliphatic imine (C=N–C) groups is 2. The maximum atomic E-state index is 13.3. The predicted molar refractivity (Wildman–Crippen MR) is 119 cm³/mol. The number of hydrogen-bond donors (Lipinski definition) is 0. The molecule has 37 heavy (non-hydrogen) atoms. The molecule has 0 aliphatic rings. The standard InChI is InChI=1S/2C13H8F3NO.Ni/c2*14-9-5-6-10(13(16)12(9)15)17-7-8-3-1-2-4-11(8)18;/h2*1-7,18H;/q;;+2/p-2. The van der Waals surface area contributed by atoms with E-state index in [4.69, 9.17) is 0 Å². The van der Waals surface area contributed by atoms with Crippen molar-refractivity contribution in [2.24, 2.45) is 9.98 Å². The number of hydrogen-bond acceptors (Lipinski definition) is 4. The van der Waals surface area contributed by atoms with E-state index in [2.05, 4.69) is 9.98 Å². The maximum Gasteiger partial charge on any atom is 2.00 e. The third-order valence-electron chi connectivity index (χ3n) is 4.55. The predicted octanol–water partition coefficient (Wildman–Crippen LogP) is 5.85. The topological polar surface area (TPSA) is 70.8 Å². The van der Waals surface area contributed by atoms with Gasteiger partial charge in [-0.25, -0.2) is 26.3 Å². The van der Waals surface area contributed by atoms with Crippen molar-refractivity contribution in [3.05, 3.63) is 119 Å². The van der Waals surface area contributed by atoms with Crippen LogP contribution in [0.5, 0.6) is 11.5 Å². The summed E-state index contributed by atoms with van der Waals surface area (Å²) in [5, 5.41) is 22.7. The van der Waals surface area contributed by atoms with Gasteiger partial charge in [0.1, 0.15) is 11.4 Å². The summed E-state index contributed by atoms with van der Waals surface area (Å²) in [4.78, 5) is 7.26. The molecule has 0 unspecified atom stereocenters. The molecular formula is C26H14F6N2NiO2. The fourth-order valence-electron chi connectivity index (χ4n) is 2.68. The third-order valence-corrected chi connectivity index (χ3v) is 4.55. The van der Waals surface area contributed by atoms with E-state index in [9.17, 15) is 36.6 Å². The molecule has 0 aliphatic heterocycles. The summed E-state index contributed by atoms with van der Waals surface area (Å²) in [7, 11) is 0. The largest absolute Gasteiger partial charge is 2.00 e. The first-order chi connectivity index (χ1) is 17.2. The average Bonchev–Trinajstić information content (AvgIpc) is 2.87. The zero-order valence-electron chi connectivity index (χ0n) is 18.4. The third kappa shape index (κ3) is 7.44. The van der Waals surface area contributed by atoms with Crippen molar-refractivity contribution < 1.29 is 53.0 Å². The number of halogens is 6. The minimum absolute atomic E-state index is 0. The van der Waals surface area contributed by atoms with Gasteiger partial charge < -0.3 is 10.2 Å². The monoisotopic (exact) mass is 558 g/mol. The normalized spacial score (nSPS) is 10.8. The first kappa shape index (κ1) is 29.1. The van der Waals surface area contributed by atoms with Crippen molar-refractivity contribution in [1.82, 2.24) is 0 Å². The van der Waals surface area contributed by atoms with Gasteiger partial charge in [0.25, 0.3) is 0 Å². The van der Waals surface area contributed by atoms with Crippen LogP contribution in [0.4, 0.5) is 37.7 Å². The molecule has 0 fully saturated rings. The van der Waals surface area contributed by atoms with Crippen LogP contribution < -0.4 is 10.2 Å². The molecule has 0 saturated carbocycles. The van der Waals surface area contributed by atoms with E-state index in [0.717, 1.165) is 36.7 Å². The smallest absolute Gasteiger partial charge is 0.872 e. The van der Waals surface area contributed by atoms with Crippen LogP contribution in [0.1, 0.15) is 11.1 Å². The van der Waals surface area contributed by atoms with E-state index >= 15 is 0 Å². The van der Waals surface area contributed by atoms with E-state index < -0.39 is 34.9 Å². The second kappa shape index (κ2) is 13.3. The van der Waals surface area contributed by atoms with Crippen LogP contribution in [-0.2, 0) is 16.5 Å². The van der Waals surface area contributed by atoms with Crippen molar-refractivity contribution in [2.75, 3.05) is 0 Å². The zero-order chi connectivity index (χ0) is 26.2. The van der Waals surface area contributed by atoms with Crippen LogP contribution in [0.25, 0.3) is 0 Å². The Morgan fingerprint density at radius 3 is 1.19 bits per heavy atom. The maximum absolute atomic E-state index is 13.3. The summed E-state index contributed by atoms with van der Waals surface area (Å²) in [6.07, 6.45) is 2.22. The Morgan fingerprint density at radius 1 is 0.486 bits per heavy atom. The molecule has 11 heteroatoms. The molecule has 0 heterocycles. The van der Waals surface area contributed by atoms with Gasteiger partial charge in [-0.2, -0.15) is 0 Å². The summed E-state index contributed by atoms with van der Waals surface area (Å²) < 4.78 is 77.7. The molecule has 0 aromatic heterocycles. The van der Waals surface area contributed by atoms with Crippen molar-refractivity contribution in [1.29, 1.82) is 0 Å². The molecule has 4 aromatic carbocycles. The molecular weight excluding hydrogens is 545 g/mol. The molecule has 0 aliphatic carbocycles. The number of benzene rings is 4. The van der Waals surface area contributed by atoms with Crippen LogP contribution in [0.3, 0.4) is 0 Å². The van der Waals surface area contributed by atoms with Gasteiger partial charge in [-0.3, -0.25) is 9.98 Å². The summed E-state index contributed by atoms with van der Waals surface area (Å²) in [5.41, 5.74) is -0.252. The van der Waals surface area contributed by atoms with E-state index in [-0.39, 0.29) is 50.5 Å². The summed E-state index contributed by atoms with van der Waals surface area (Å²) in [6.45, 7) is 0. The quantitative estimate of drug-likeness (QED) is 0.136. The second-order valence-corrected chi connectivity index (χ2v) is 6.98. The Morgan fingerprint density at radius 2 is 0.838 bits per heavy atom. The SMILES string of the molecule is [Ni+2].[O-]c1ccccc1C=Nc1ccc(F)c(F)c1F.[O-]c1ccccc1C=Nc1ccc(F)c(F)c1F. The van der Waals surface area contributed by atoms with Gasteiger partial charge >= 0.3 is 16.5 Å². The molecule has 4 aromatic rings. The van der Waals surface area contributed by atoms with Gasteiger partial charge in [0.2, 0.25) is 0 Å². The van der Waals surface area contributed by atoms with E-state index in [1.807, 2.05) is 0 Å². The summed E-state index contributed by atoms with van der Waals surface area (Å²) >= 11 is 0. The van der Waals surface area contributed by atoms with Gasteiger partial charge in [-0.1, -0.05) is 48.5 Å². The average molecular weight is 559 g/mol. The number of nitrogens with zero attached hydrogens (tertiary/aromatic N) is 2. The molecule has 0 atom stereocenters. The molecule has 192 valence electrons. The number of para-hydroxylation sites is 2. The van der Waals surface area contributed by atoms with Gasteiger partial charge in [0, 0.05) is 12.4 Å². The van der Waals surface area contributed by atoms with Crippen LogP contribution in [0.2, 0.25) is 0 Å². The molecule has 0 bridgehead atoms. The molecule has 0 N–H and O–H groups in total. The molecule has 4 rings (SSSR count). The zero-order valence-corrected chi connectivity index (χ0v) is 19.4. The van der Waals surface area contributed by atoms with Gasteiger partial charge in [-0.05, 0) is 35.4 Å². The van der Waals surface area contributed by atoms with Crippen molar-refractivity contribution >= 4 is 23.8 Å². The van der Waals surface area contributed by atoms with E-state index in [1.165, 1.54) is 24.3 Å². The number of rotatable bonds is 4. The van der Waals surface area contributed by atoms with E-state index in [1.54, 1.807) is 24.3 Å². The summed E-state index contributed by atoms with van der Waals surface area (Å²) in [6, 6.07) is 15.5. The van der Waals surface area contributed by atoms with Crippen LogP contribution >= 0.6 is 0 Å². The van der Waals surface area contributed by atoms with Crippen molar-refractivity contribution in [3.63, 3.8) is 0 Å². The minimum Gasteiger partial charge on any atom is -0.872 e. The van der Waals surface area contributed by atoms with Gasteiger partial charge in [0.15, 0.2) is 34.9 Å². The van der Waals surface area contributed by atoms with Crippen molar-refractivity contribution in [3.8, 4) is 11.5 Å². The Hall–Kier alpha value is -4.11. The molecule has 0 spiro atoms. The minimum atomic E-state index is -1.58. The van der Waals surface area contributed by atoms with Crippen molar-refractivity contribution in [2.45, 2.75) is 0 Å². The first-order valence-electron chi connectivity index (χ1n) is 10.1. The Labute approximate surface area is 217 Å². The van der Waals surface area contributed by atoms with Gasteiger partial charge in [0.05, 0.1) is 0 Å². The van der Waals surface area contributed by atoms with Crippen LogP contribution in [0.15, 0.2) is 82.8 Å². The Kier molecular flexibility index (Phi) is 10.4. The van der Waals surface area contributed by atoms with Crippen LogP contribution in [-0.4, -0.2) is 12.4 Å². The molecule has 4 nitrogen and oxygen atoms in total. The summed E-state index contributed by atoms with van der Waals surface area (Å²) in [5.74, 6) is -9.07. The molecule has 0 saturated heterocycles. The Bertz CT molecular complexity index is 1340. The van der Waals surface area contributed by atoms with Crippen LogP contribution in [0, 0.1) is 34.9 Å². The molecule has 0 amide bonds. The van der Waals surface area contributed by atoms with Gasteiger partial charge in [-0.15, -0.1) is 11.5 Å². The Balaban J connectivity index is 0.000000253. The fraction of sp³-hybridized carbons (Fsp3) is 0.